The summed E-state index contributed by atoms with van der Waals surface area (Å²) >= 11 is 0. The van der Waals surface area contributed by atoms with Gasteiger partial charge >= 0.3 is 6.09 Å². The van der Waals surface area contributed by atoms with Gasteiger partial charge in [0.15, 0.2) is 0 Å². The number of carbonyl (C=O) groups is 2. The molecule has 166 valence electrons. The summed E-state index contributed by atoms with van der Waals surface area (Å²) in [6, 6.07) is 9.06. The zero-order valence-corrected chi connectivity index (χ0v) is 17.6. The van der Waals surface area contributed by atoms with Crippen LogP contribution in [0.1, 0.15) is 31.4 Å². The van der Waals surface area contributed by atoms with Crippen molar-refractivity contribution < 1.29 is 19.4 Å². The van der Waals surface area contributed by atoms with Crippen molar-refractivity contribution in [1.82, 2.24) is 24.8 Å². The third kappa shape index (κ3) is 4.57. The number of nitrogens with zero attached hydrogens (tertiary/aromatic N) is 4. The molecule has 9 heteroatoms. The Bertz CT molecular complexity index is 1150. The van der Waals surface area contributed by atoms with E-state index in [1.165, 1.54) is 17.1 Å². The van der Waals surface area contributed by atoms with Gasteiger partial charge in [-0.05, 0) is 49.9 Å². The minimum atomic E-state index is -1.02. The van der Waals surface area contributed by atoms with Gasteiger partial charge in [0, 0.05) is 49.2 Å². The maximum absolute atomic E-state index is 12.0. The molecule has 1 aliphatic carbocycles. The number of piperidine rings is 1. The number of carbonyl (C=O) groups excluding carboxylic acids is 1. The largest absolute Gasteiger partial charge is 0.464 e. The maximum Gasteiger partial charge on any atom is 0.415 e. The first kappa shape index (κ1) is 20.4. The minimum absolute atomic E-state index is 0.221. The fourth-order valence-electron chi connectivity index (χ4n) is 4.12. The second-order valence-corrected chi connectivity index (χ2v) is 8.47. The van der Waals surface area contributed by atoms with Gasteiger partial charge in [0.1, 0.15) is 12.1 Å². The van der Waals surface area contributed by atoms with E-state index in [9.17, 15) is 14.7 Å². The van der Waals surface area contributed by atoms with Crippen LogP contribution in [0.25, 0.3) is 10.9 Å². The molecule has 5 rings (SSSR count). The molecule has 0 radical (unpaired) electrons. The molecule has 9 nitrogen and oxygen atoms in total. The van der Waals surface area contributed by atoms with Crippen molar-refractivity contribution in [2.24, 2.45) is 5.92 Å². The second-order valence-electron chi connectivity index (χ2n) is 8.47. The molecular formula is C23H25N5O4. The van der Waals surface area contributed by atoms with Gasteiger partial charge in [-0.15, -0.1) is 0 Å². The normalized spacial score (nSPS) is 17.4. The molecule has 0 atom stereocenters. The minimum Gasteiger partial charge on any atom is -0.464 e. The molecule has 0 spiro atoms. The van der Waals surface area contributed by atoms with E-state index in [1.807, 2.05) is 6.07 Å². The summed E-state index contributed by atoms with van der Waals surface area (Å²) in [4.78, 5) is 34.1. The number of ether oxygens (including phenoxy) is 1. The third-order valence-corrected chi connectivity index (χ3v) is 6.06. The highest BCUT2D eigenvalue weighted by molar-refractivity contribution is 5.89. The molecule has 1 amide bonds. The van der Waals surface area contributed by atoms with E-state index in [4.69, 9.17) is 4.74 Å². The number of likely N-dealkylation sites (tertiary alicyclic amines) is 1. The summed E-state index contributed by atoms with van der Waals surface area (Å²) in [6.45, 7) is 2.52. The van der Waals surface area contributed by atoms with E-state index in [0.717, 1.165) is 49.9 Å². The average molecular weight is 435 g/mol. The fourth-order valence-corrected chi connectivity index (χ4v) is 4.12. The molecule has 2 N–H and O–H groups in total. The van der Waals surface area contributed by atoms with E-state index >= 15 is 0 Å². The van der Waals surface area contributed by atoms with Crippen LogP contribution in [0.15, 0.2) is 42.9 Å². The molecule has 3 heterocycles. The van der Waals surface area contributed by atoms with Crippen LogP contribution in [-0.4, -0.2) is 55.7 Å². The van der Waals surface area contributed by atoms with Crippen LogP contribution in [-0.2, 0) is 11.3 Å². The molecule has 2 aliphatic rings. The Hall–Kier alpha value is -3.46. The lowest BCUT2D eigenvalue weighted by Crippen LogP contribution is -2.44. The first-order valence-corrected chi connectivity index (χ1v) is 10.9. The molecular weight excluding hydrogens is 410 g/mol. The third-order valence-electron chi connectivity index (χ3n) is 6.06. The highest BCUT2D eigenvalue weighted by Gasteiger charge is 2.31. The van der Waals surface area contributed by atoms with Crippen molar-refractivity contribution in [3.05, 3.63) is 48.5 Å². The monoisotopic (exact) mass is 435 g/mol. The van der Waals surface area contributed by atoms with Gasteiger partial charge in [0.2, 0.25) is 11.8 Å². The SMILES string of the molecule is O=C(NC1CCN(Cc2cc(Oc3ccc4c(ccn4C(=O)O)c3)ncn2)CC1)C1CC1. The Morgan fingerprint density at radius 2 is 1.91 bits per heavy atom. The van der Waals surface area contributed by atoms with Crippen LogP contribution in [0.4, 0.5) is 4.79 Å². The Balaban J connectivity index is 1.18. The lowest BCUT2D eigenvalue weighted by atomic mass is 10.0. The Labute approximate surface area is 185 Å². The van der Waals surface area contributed by atoms with Gasteiger partial charge in [0.05, 0.1) is 11.2 Å². The van der Waals surface area contributed by atoms with Crippen LogP contribution in [0.3, 0.4) is 0 Å². The first-order valence-electron chi connectivity index (χ1n) is 10.9. The zero-order valence-electron chi connectivity index (χ0n) is 17.6. The second kappa shape index (κ2) is 8.58. The van der Waals surface area contributed by atoms with Crippen molar-refractivity contribution in [2.75, 3.05) is 13.1 Å². The smallest absolute Gasteiger partial charge is 0.415 e. The Morgan fingerprint density at radius 3 is 2.66 bits per heavy atom. The molecule has 1 saturated carbocycles. The number of benzene rings is 1. The van der Waals surface area contributed by atoms with Gasteiger partial charge in [0.25, 0.3) is 0 Å². The summed E-state index contributed by atoms with van der Waals surface area (Å²) in [7, 11) is 0. The van der Waals surface area contributed by atoms with Gasteiger partial charge in [-0.3, -0.25) is 14.3 Å². The maximum atomic E-state index is 12.0. The summed E-state index contributed by atoms with van der Waals surface area (Å²) in [5.41, 5.74) is 1.47. The highest BCUT2D eigenvalue weighted by atomic mass is 16.5. The van der Waals surface area contributed by atoms with Crippen LogP contribution < -0.4 is 10.1 Å². The average Bonchev–Trinajstić information content (AvgIpc) is 3.55. The molecule has 2 fully saturated rings. The molecule has 2 aromatic heterocycles. The molecule has 0 unspecified atom stereocenters. The number of amides is 1. The zero-order chi connectivity index (χ0) is 22.1. The van der Waals surface area contributed by atoms with Gasteiger partial charge < -0.3 is 15.2 Å². The number of carboxylic acid groups (broad SMARTS) is 1. The number of hydrogen-bond acceptors (Lipinski definition) is 6. The predicted octanol–water partition coefficient (Wildman–Crippen LogP) is 3.24. The number of fused-ring (bicyclic) bond motifs is 1. The van der Waals surface area contributed by atoms with E-state index in [2.05, 4.69) is 20.2 Å². The standard InChI is InChI=1S/C23H25N5O4/c29-22(15-1-2-15)26-17-6-8-27(9-7-17)13-18-12-21(25-14-24-18)32-19-3-4-20-16(11-19)5-10-28(20)23(30)31/h3-5,10-12,14-15,17H,1-2,6-9,13H2,(H,26,29)(H,30,31). The van der Waals surface area contributed by atoms with E-state index in [1.54, 1.807) is 24.3 Å². The van der Waals surface area contributed by atoms with Crippen molar-refractivity contribution in [3.8, 4) is 11.6 Å². The molecule has 1 aliphatic heterocycles. The molecule has 3 aromatic rings. The van der Waals surface area contributed by atoms with Crippen LogP contribution in [0.5, 0.6) is 11.6 Å². The quantitative estimate of drug-likeness (QED) is 0.612. The molecule has 32 heavy (non-hydrogen) atoms. The van der Waals surface area contributed by atoms with Gasteiger partial charge in [-0.1, -0.05) is 0 Å². The number of hydrogen-bond donors (Lipinski definition) is 2. The number of nitrogens with one attached hydrogen (secondary N) is 1. The lowest BCUT2D eigenvalue weighted by Gasteiger charge is -2.32. The van der Waals surface area contributed by atoms with Crippen molar-refractivity contribution in [3.63, 3.8) is 0 Å². The van der Waals surface area contributed by atoms with Crippen molar-refractivity contribution in [2.45, 2.75) is 38.3 Å². The summed E-state index contributed by atoms with van der Waals surface area (Å²) in [6.07, 6.45) is 5.94. The highest BCUT2D eigenvalue weighted by Crippen LogP contribution is 2.29. The van der Waals surface area contributed by atoms with E-state index < -0.39 is 6.09 Å². The topological polar surface area (TPSA) is 110 Å². The lowest BCUT2D eigenvalue weighted by molar-refractivity contribution is -0.123. The summed E-state index contributed by atoms with van der Waals surface area (Å²) in [5, 5.41) is 13.2. The summed E-state index contributed by atoms with van der Waals surface area (Å²) in [5.74, 6) is 1.50. The molecule has 1 aromatic carbocycles. The van der Waals surface area contributed by atoms with Gasteiger partial charge in [-0.25, -0.2) is 14.8 Å². The Kier molecular flexibility index (Phi) is 5.48. The Morgan fingerprint density at radius 1 is 1.09 bits per heavy atom. The van der Waals surface area contributed by atoms with Crippen molar-refractivity contribution in [1.29, 1.82) is 0 Å². The fraction of sp³-hybridized carbons (Fsp3) is 0.391. The van der Waals surface area contributed by atoms with E-state index in [-0.39, 0.29) is 17.9 Å². The summed E-state index contributed by atoms with van der Waals surface area (Å²) < 4.78 is 7.07. The first-order chi connectivity index (χ1) is 15.5. The molecule has 0 bridgehead atoms. The van der Waals surface area contributed by atoms with Crippen LogP contribution in [0, 0.1) is 5.92 Å². The molecule has 1 saturated heterocycles. The predicted molar refractivity (Wildman–Crippen MR) is 117 cm³/mol. The van der Waals surface area contributed by atoms with Crippen LogP contribution >= 0.6 is 0 Å². The number of rotatable bonds is 6. The van der Waals surface area contributed by atoms with Crippen LogP contribution in [0.2, 0.25) is 0 Å². The van der Waals surface area contributed by atoms with Crippen molar-refractivity contribution >= 4 is 22.9 Å². The van der Waals surface area contributed by atoms with Gasteiger partial charge in [-0.2, -0.15) is 0 Å². The van der Waals surface area contributed by atoms with E-state index in [0.29, 0.717) is 23.7 Å². The number of aromatic nitrogens is 3.